The van der Waals surface area contributed by atoms with Gasteiger partial charge in [0, 0.05) is 42.5 Å². The van der Waals surface area contributed by atoms with E-state index in [9.17, 15) is 24.3 Å². The van der Waals surface area contributed by atoms with Crippen LogP contribution >= 0.6 is 11.6 Å². The first kappa shape index (κ1) is 35.8. The van der Waals surface area contributed by atoms with E-state index in [0.29, 0.717) is 11.4 Å². The predicted octanol–water partition coefficient (Wildman–Crippen LogP) is 4.44. The van der Waals surface area contributed by atoms with Crippen LogP contribution in [-0.2, 0) is 14.4 Å². The molecule has 3 unspecified atom stereocenters. The lowest BCUT2D eigenvalue weighted by molar-refractivity contribution is -0.124. The van der Waals surface area contributed by atoms with Crippen molar-refractivity contribution in [1.29, 1.82) is 0 Å². The van der Waals surface area contributed by atoms with Crippen molar-refractivity contribution in [3.8, 4) is 34.5 Å². The molecule has 2 heterocycles. The van der Waals surface area contributed by atoms with Gasteiger partial charge in [-0.25, -0.2) is 4.98 Å². The maximum absolute atomic E-state index is 14.4. The molecule has 0 saturated heterocycles. The monoisotopic (exact) mass is 709 g/mol. The molecular weight excluding hydrogens is 674 g/mol. The van der Waals surface area contributed by atoms with Gasteiger partial charge in [-0.3, -0.25) is 19.2 Å². The number of carbonyl (C=O) groups is 4. The number of methoxy groups -OCH3 is 5. The predicted molar refractivity (Wildman–Crippen MR) is 180 cm³/mol. The van der Waals surface area contributed by atoms with E-state index < -0.39 is 59.5 Å². The third-order valence-electron chi connectivity index (χ3n) is 8.72. The molecule has 264 valence electrons. The maximum atomic E-state index is 14.4. The highest BCUT2D eigenvalue weighted by Gasteiger charge is 2.61. The lowest BCUT2D eigenvalue weighted by Gasteiger charge is -2.38. The molecular formula is C35H36ClN3O11. The minimum absolute atomic E-state index is 0.0310. The average molecular weight is 710 g/mol. The number of carbonyl (C=O) groups excluding carboxylic acids is 4. The van der Waals surface area contributed by atoms with Gasteiger partial charge in [0.1, 0.15) is 27.9 Å². The van der Waals surface area contributed by atoms with Gasteiger partial charge in [-0.1, -0.05) is 24.6 Å². The van der Waals surface area contributed by atoms with Crippen LogP contribution in [0.4, 0.5) is 5.82 Å². The number of anilines is 1. The van der Waals surface area contributed by atoms with Crippen LogP contribution in [0, 0.1) is 5.92 Å². The second-order valence-corrected chi connectivity index (χ2v) is 11.9. The molecule has 3 aromatic rings. The van der Waals surface area contributed by atoms with Crippen molar-refractivity contribution in [3.05, 3.63) is 70.1 Å². The Morgan fingerprint density at radius 1 is 0.980 bits per heavy atom. The van der Waals surface area contributed by atoms with E-state index in [1.54, 1.807) is 25.1 Å². The number of ketones is 2. The minimum atomic E-state index is -2.10. The SMILES string of the molecule is COc1cc(OC)c2c(c1Cl)OC1(C2=O)C(O)=C(C(CC(=O)NCC(=O)Nc2ccccn2)c2cc(OC)c(OC)c(OC)c2)C(=O)CC1C. The summed E-state index contributed by atoms with van der Waals surface area (Å²) in [5, 5.41) is 17.3. The van der Waals surface area contributed by atoms with Gasteiger partial charge in [-0.05, 0) is 29.8 Å². The number of aliphatic hydroxyl groups is 1. The summed E-state index contributed by atoms with van der Waals surface area (Å²) >= 11 is 6.59. The summed E-state index contributed by atoms with van der Waals surface area (Å²) in [5.41, 5.74) is -2.10. The Kier molecular flexibility index (Phi) is 10.4. The summed E-state index contributed by atoms with van der Waals surface area (Å²) in [7, 11) is 6.95. The molecule has 50 heavy (non-hydrogen) atoms. The second-order valence-electron chi connectivity index (χ2n) is 11.5. The van der Waals surface area contributed by atoms with Crippen molar-refractivity contribution in [1.82, 2.24) is 10.3 Å². The first-order chi connectivity index (χ1) is 23.9. The van der Waals surface area contributed by atoms with Crippen molar-refractivity contribution < 1.29 is 52.7 Å². The number of nitrogens with one attached hydrogen (secondary N) is 2. The van der Waals surface area contributed by atoms with Crippen molar-refractivity contribution in [2.45, 2.75) is 31.3 Å². The Hall–Kier alpha value is -5.50. The number of hydrogen-bond donors (Lipinski definition) is 3. The molecule has 1 aliphatic carbocycles. The third kappa shape index (κ3) is 6.22. The number of hydrogen-bond acceptors (Lipinski definition) is 12. The van der Waals surface area contributed by atoms with Crippen LogP contribution in [0.15, 0.2) is 53.9 Å². The highest BCUT2D eigenvalue weighted by Crippen LogP contribution is 2.56. The van der Waals surface area contributed by atoms with Crippen LogP contribution in [0.1, 0.15) is 41.6 Å². The number of pyridine rings is 1. The van der Waals surface area contributed by atoms with E-state index >= 15 is 0 Å². The number of rotatable bonds is 12. The molecule has 1 aliphatic heterocycles. The molecule has 2 amide bonds. The zero-order chi connectivity index (χ0) is 36.3. The number of nitrogens with zero attached hydrogens (tertiary/aromatic N) is 1. The molecule has 0 fully saturated rings. The van der Waals surface area contributed by atoms with Gasteiger partial charge < -0.3 is 44.2 Å². The van der Waals surface area contributed by atoms with Crippen LogP contribution in [0.2, 0.25) is 5.02 Å². The molecule has 14 nitrogen and oxygen atoms in total. The number of aliphatic hydroxyl groups excluding tert-OH is 1. The number of halogens is 1. The standard InChI is InChI=1S/C35H36ClN3O11/c1-17-11-20(40)28(33(43)35(17)34(44)29-21(45-2)15-22(46-3)30(36)32(29)50-35)19(18-12-23(47-4)31(49-6)24(13-18)48-5)14-26(41)38-16-27(42)39-25-9-7-8-10-37-25/h7-10,12-13,15,17,19,43H,11,14,16H2,1-6H3,(H,38,41)(H,37,39,42). The van der Waals surface area contributed by atoms with Crippen molar-refractivity contribution in [3.63, 3.8) is 0 Å². The first-order valence-corrected chi connectivity index (χ1v) is 15.8. The Bertz CT molecular complexity index is 1860. The van der Waals surface area contributed by atoms with Crippen LogP contribution in [0.5, 0.6) is 34.5 Å². The Labute approximate surface area is 292 Å². The largest absolute Gasteiger partial charge is 0.507 e. The number of fused-ring (bicyclic) bond motifs is 1. The number of aromatic nitrogens is 1. The van der Waals surface area contributed by atoms with Crippen LogP contribution in [0.3, 0.4) is 0 Å². The van der Waals surface area contributed by atoms with Crippen LogP contribution in [0.25, 0.3) is 0 Å². The highest BCUT2D eigenvalue weighted by atomic mass is 35.5. The lowest BCUT2D eigenvalue weighted by atomic mass is 9.69. The molecule has 0 bridgehead atoms. The quantitative estimate of drug-likeness (QED) is 0.241. The number of allylic oxidation sites excluding steroid dienone is 1. The van der Waals surface area contributed by atoms with E-state index in [-0.39, 0.29) is 57.1 Å². The smallest absolute Gasteiger partial charge is 0.244 e. The molecule has 1 spiro atoms. The van der Waals surface area contributed by atoms with Gasteiger partial charge in [-0.2, -0.15) is 0 Å². The summed E-state index contributed by atoms with van der Waals surface area (Å²) in [6, 6.07) is 9.45. The lowest BCUT2D eigenvalue weighted by Crippen LogP contribution is -2.53. The zero-order valence-corrected chi connectivity index (χ0v) is 28.9. The van der Waals surface area contributed by atoms with E-state index in [4.69, 9.17) is 40.0 Å². The Balaban J connectivity index is 1.61. The highest BCUT2D eigenvalue weighted by molar-refractivity contribution is 6.35. The van der Waals surface area contributed by atoms with Crippen LogP contribution in [-0.4, -0.2) is 81.2 Å². The van der Waals surface area contributed by atoms with Gasteiger partial charge >= 0.3 is 0 Å². The molecule has 2 aliphatic rings. The topological polar surface area (TPSA) is 181 Å². The van der Waals surface area contributed by atoms with E-state index in [0.717, 1.165) is 0 Å². The van der Waals surface area contributed by atoms with Gasteiger partial charge in [-0.15, -0.1) is 0 Å². The number of Topliss-reactive ketones (excluding diaryl/α,β-unsaturated/α-hetero) is 2. The van der Waals surface area contributed by atoms with Gasteiger partial charge in [0.25, 0.3) is 0 Å². The fourth-order valence-corrected chi connectivity index (χ4v) is 6.55. The Morgan fingerprint density at radius 3 is 2.22 bits per heavy atom. The van der Waals surface area contributed by atoms with E-state index in [1.807, 2.05) is 0 Å². The first-order valence-electron chi connectivity index (χ1n) is 15.4. The third-order valence-corrected chi connectivity index (χ3v) is 9.08. The molecule has 15 heteroatoms. The number of benzene rings is 2. The zero-order valence-electron chi connectivity index (χ0n) is 28.2. The van der Waals surface area contributed by atoms with Crippen molar-refractivity contribution in [2.24, 2.45) is 5.92 Å². The number of amides is 2. The number of ether oxygens (including phenoxy) is 6. The Morgan fingerprint density at radius 2 is 1.64 bits per heavy atom. The summed E-state index contributed by atoms with van der Waals surface area (Å²) in [4.78, 5) is 58.5. The molecule has 0 radical (unpaired) electrons. The summed E-state index contributed by atoms with van der Waals surface area (Å²) in [6.07, 6.45) is 0.804. The molecule has 3 atom stereocenters. The molecule has 1 aromatic heterocycles. The maximum Gasteiger partial charge on any atom is 0.244 e. The van der Waals surface area contributed by atoms with Gasteiger partial charge in [0.15, 0.2) is 28.8 Å². The molecule has 3 N–H and O–H groups in total. The minimum Gasteiger partial charge on any atom is -0.507 e. The van der Waals surface area contributed by atoms with Gasteiger partial charge in [0.2, 0.25) is 28.9 Å². The summed E-state index contributed by atoms with van der Waals surface area (Å²) in [6.45, 7) is 1.17. The summed E-state index contributed by atoms with van der Waals surface area (Å²) in [5.74, 6) is -4.10. The van der Waals surface area contributed by atoms with E-state index in [2.05, 4.69) is 15.6 Å². The van der Waals surface area contributed by atoms with Crippen molar-refractivity contribution >= 4 is 40.8 Å². The molecule has 0 saturated carbocycles. The summed E-state index contributed by atoms with van der Waals surface area (Å²) < 4.78 is 33.6. The fourth-order valence-electron chi connectivity index (χ4n) is 6.29. The average Bonchev–Trinajstić information content (AvgIpc) is 3.43. The van der Waals surface area contributed by atoms with Crippen LogP contribution < -0.4 is 39.1 Å². The molecule has 5 rings (SSSR count). The van der Waals surface area contributed by atoms with Crippen molar-refractivity contribution in [2.75, 3.05) is 47.4 Å². The molecule has 2 aromatic carbocycles. The van der Waals surface area contributed by atoms with Gasteiger partial charge in [0.05, 0.1) is 42.1 Å². The fraction of sp³-hybridized carbons (Fsp3) is 0.343. The second kappa shape index (κ2) is 14.5. The normalized spacial score (nSPS) is 18.6. The van der Waals surface area contributed by atoms with E-state index in [1.165, 1.54) is 59.9 Å².